The molecule has 2 rings (SSSR count). The highest BCUT2D eigenvalue weighted by Gasteiger charge is 2.19. The van der Waals surface area contributed by atoms with Gasteiger partial charge in [0.05, 0.1) is 12.2 Å². The molecule has 0 spiro atoms. The van der Waals surface area contributed by atoms with Crippen LogP contribution in [0.3, 0.4) is 0 Å². The first kappa shape index (κ1) is 19.6. The third-order valence-corrected chi connectivity index (χ3v) is 4.21. The Morgan fingerprint density at radius 1 is 1.15 bits per heavy atom. The molecule has 0 aliphatic carbocycles. The van der Waals surface area contributed by atoms with Gasteiger partial charge in [0, 0.05) is 37.6 Å². The minimum atomic E-state index is -0.0682. The summed E-state index contributed by atoms with van der Waals surface area (Å²) >= 11 is 0. The first-order valence-corrected chi connectivity index (χ1v) is 8.75. The molecule has 0 aliphatic rings. The van der Waals surface area contributed by atoms with E-state index in [0.29, 0.717) is 25.0 Å². The minimum Gasteiger partial charge on any atom is -0.494 e. The molecule has 0 aliphatic heterocycles. The van der Waals surface area contributed by atoms with Crippen molar-refractivity contribution in [2.45, 2.75) is 33.6 Å². The molecule has 140 valence electrons. The van der Waals surface area contributed by atoms with E-state index in [0.717, 1.165) is 28.4 Å². The van der Waals surface area contributed by atoms with Gasteiger partial charge >= 0.3 is 0 Å². The number of aromatic nitrogens is 1. The Morgan fingerprint density at radius 3 is 2.38 bits per heavy atom. The van der Waals surface area contributed by atoms with Crippen molar-refractivity contribution in [2.24, 2.45) is 0 Å². The lowest BCUT2D eigenvalue weighted by molar-refractivity contribution is -0.116. The number of rotatable bonds is 7. The number of aryl methyl sites for hydroxylation is 2. The van der Waals surface area contributed by atoms with Crippen LogP contribution in [-0.4, -0.2) is 42.4 Å². The van der Waals surface area contributed by atoms with E-state index < -0.39 is 0 Å². The average Bonchev–Trinajstić information content (AvgIpc) is 2.88. The van der Waals surface area contributed by atoms with Crippen molar-refractivity contribution in [2.75, 3.05) is 26.0 Å². The molecule has 0 saturated carbocycles. The number of aromatic amines is 1. The molecule has 0 unspecified atom stereocenters. The summed E-state index contributed by atoms with van der Waals surface area (Å²) in [6.07, 6.45) is 0.889. The van der Waals surface area contributed by atoms with Gasteiger partial charge < -0.3 is 19.9 Å². The number of H-pyrrole nitrogens is 1. The number of carbonyl (C=O) groups excluding carboxylic acids is 2. The SMILES string of the molecule is CCOc1ccc(NC(=O)CCc2[nH]c(C)c(C(=O)N(C)C)c2C)cc1. The Bertz CT molecular complexity index is 776. The second-order valence-corrected chi connectivity index (χ2v) is 6.43. The molecule has 0 radical (unpaired) electrons. The van der Waals surface area contributed by atoms with Crippen molar-refractivity contribution >= 4 is 17.5 Å². The summed E-state index contributed by atoms with van der Waals surface area (Å²) in [5, 5.41) is 2.88. The summed E-state index contributed by atoms with van der Waals surface area (Å²) in [6, 6.07) is 7.30. The van der Waals surface area contributed by atoms with Gasteiger partial charge in [0.15, 0.2) is 0 Å². The fraction of sp³-hybridized carbons (Fsp3) is 0.400. The fourth-order valence-electron chi connectivity index (χ4n) is 2.87. The monoisotopic (exact) mass is 357 g/mol. The van der Waals surface area contributed by atoms with Crippen molar-refractivity contribution in [1.29, 1.82) is 0 Å². The van der Waals surface area contributed by atoms with Gasteiger partial charge in [0.25, 0.3) is 5.91 Å². The van der Waals surface area contributed by atoms with E-state index >= 15 is 0 Å². The molecule has 26 heavy (non-hydrogen) atoms. The summed E-state index contributed by atoms with van der Waals surface area (Å²) in [4.78, 5) is 29.3. The summed E-state index contributed by atoms with van der Waals surface area (Å²) < 4.78 is 5.39. The first-order chi connectivity index (χ1) is 12.3. The lowest BCUT2D eigenvalue weighted by atomic mass is 10.1. The molecule has 2 amide bonds. The second-order valence-electron chi connectivity index (χ2n) is 6.43. The minimum absolute atomic E-state index is 0.0265. The van der Waals surface area contributed by atoms with Crippen LogP contribution < -0.4 is 10.1 Å². The lowest BCUT2D eigenvalue weighted by Gasteiger charge is -2.11. The van der Waals surface area contributed by atoms with Gasteiger partial charge in [0.1, 0.15) is 5.75 Å². The molecule has 0 fully saturated rings. The molecule has 6 heteroatoms. The van der Waals surface area contributed by atoms with Gasteiger partial charge in [-0.15, -0.1) is 0 Å². The summed E-state index contributed by atoms with van der Waals surface area (Å²) in [5.41, 5.74) is 4.10. The Balaban J connectivity index is 1.97. The van der Waals surface area contributed by atoms with Crippen molar-refractivity contribution < 1.29 is 14.3 Å². The van der Waals surface area contributed by atoms with Crippen LogP contribution in [0.15, 0.2) is 24.3 Å². The second kappa shape index (κ2) is 8.56. The van der Waals surface area contributed by atoms with Crippen LogP contribution in [0.2, 0.25) is 0 Å². The normalized spacial score (nSPS) is 10.5. The maximum Gasteiger partial charge on any atom is 0.255 e. The molecule has 2 aromatic rings. The van der Waals surface area contributed by atoms with E-state index in [1.54, 1.807) is 19.0 Å². The van der Waals surface area contributed by atoms with Crippen molar-refractivity contribution in [1.82, 2.24) is 9.88 Å². The average molecular weight is 357 g/mol. The van der Waals surface area contributed by atoms with Crippen LogP contribution in [0, 0.1) is 13.8 Å². The molecule has 0 saturated heterocycles. The number of hydrogen-bond acceptors (Lipinski definition) is 3. The zero-order valence-corrected chi connectivity index (χ0v) is 16.1. The van der Waals surface area contributed by atoms with E-state index in [9.17, 15) is 9.59 Å². The molecule has 6 nitrogen and oxygen atoms in total. The molecular formula is C20H27N3O3. The van der Waals surface area contributed by atoms with Crippen LogP contribution in [0.25, 0.3) is 0 Å². The fourth-order valence-corrected chi connectivity index (χ4v) is 2.87. The predicted octanol–water partition coefficient (Wildman–Crippen LogP) is 3.30. The number of hydrogen-bond donors (Lipinski definition) is 2. The highest BCUT2D eigenvalue weighted by molar-refractivity contribution is 5.97. The largest absolute Gasteiger partial charge is 0.494 e. The quantitative estimate of drug-likeness (QED) is 0.798. The molecule has 0 bridgehead atoms. The van der Waals surface area contributed by atoms with Crippen LogP contribution in [0.1, 0.15) is 40.7 Å². The van der Waals surface area contributed by atoms with Crippen LogP contribution >= 0.6 is 0 Å². The Morgan fingerprint density at radius 2 is 1.81 bits per heavy atom. The molecule has 2 N–H and O–H groups in total. The number of nitrogens with zero attached hydrogens (tertiary/aromatic N) is 1. The molecule has 1 heterocycles. The number of ether oxygens (including phenoxy) is 1. The van der Waals surface area contributed by atoms with Gasteiger partial charge in [-0.2, -0.15) is 0 Å². The van der Waals surface area contributed by atoms with E-state index in [1.165, 1.54) is 0 Å². The molecule has 0 atom stereocenters. The van der Waals surface area contributed by atoms with Crippen LogP contribution in [-0.2, 0) is 11.2 Å². The maximum absolute atomic E-state index is 12.3. The van der Waals surface area contributed by atoms with E-state index in [-0.39, 0.29) is 11.8 Å². The first-order valence-electron chi connectivity index (χ1n) is 8.75. The van der Waals surface area contributed by atoms with Gasteiger partial charge in [-0.25, -0.2) is 0 Å². The van der Waals surface area contributed by atoms with E-state index in [4.69, 9.17) is 4.74 Å². The third kappa shape index (κ3) is 4.65. The summed E-state index contributed by atoms with van der Waals surface area (Å²) in [7, 11) is 3.47. The Hall–Kier alpha value is -2.76. The lowest BCUT2D eigenvalue weighted by Crippen LogP contribution is -2.22. The number of anilines is 1. The predicted molar refractivity (Wildman–Crippen MR) is 103 cm³/mol. The third-order valence-electron chi connectivity index (χ3n) is 4.21. The van der Waals surface area contributed by atoms with Crippen LogP contribution in [0.4, 0.5) is 5.69 Å². The molecule has 1 aromatic heterocycles. The van der Waals surface area contributed by atoms with Gasteiger partial charge in [0.2, 0.25) is 5.91 Å². The smallest absolute Gasteiger partial charge is 0.255 e. The van der Waals surface area contributed by atoms with Crippen molar-refractivity contribution in [3.8, 4) is 5.75 Å². The topological polar surface area (TPSA) is 74.4 Å². The maximum atomic E-state index is 12.3. The molecular weight excluding hydrogens is 330 g/mol. The molecule has 1 aromatic carbocycles. The Kier molecular flexibility index (Phi) is 6.44. The number of benzene rings is 1. The van der Waals surface area contributed by atoms with Crippen molar-refractivity contribution in [3.63, 3.8) is 0 Å². The van der Waals surface area contributed by atoms with E-state index in [2.05, 4.69) is 10.3 Å². The van der Waals surface area contributed by atoms with Crippen molar-refractivity contribution in [3.05, 3.63) is 46.8 Å². The zero-order valence-electron chi connectivity index (χ0n) is 16.1. The van der Waals surface area contributed by atoms with Gasteiger partial charge in [-0.1, -0.05) is 0 Å². The zero-order chi connectivity index (χ0) is 19.3. The summed E-state index contributed by atoms with van der Waals surface area (Å²) in [6.45, 7) is 6.34. The van der Waals surface area contributed by atoms with E-state index in [1.807, 2.05) is 45.0 Å². The number of carbonyl (C=O) groups is 2. The number of amides is 2. The van der Waals surface area contributed by atoms with Crippen LogP contribution in [0.5, 0.6) is 5.75 Å². The highest BCUT2D eigenvalue weighted by atomic mass is 16.5. The Labute approximate surface area is 154 Å². The number of nitrogens with one attached hydrogen (secondary N) is 2. The van der Waals surface area contributed by atoms with Gasteiger partial charge in [-0.3, -0.25) is 9.59 Å². The standard InChI is InChI=1S/C20H27N3O3/c1-6-26-16-9-7-15(8-10-16)22-18(24)12-11-17-13(2)19(14(3)21-17)20(25)23(4)5/h7-10,21H,6,11-12H2,1-5H3,(H,22,24). The summed E-state index contributed by atoms with van der Waals surface area (Å²) in [5.74, 6) is 0.684. The highest BCUT2D eigenvalue weighted by Crippen LogP contribution is 2.21. The van der Waals surface area contributed by atoms with Gasteiger partial charge in [-0.05, 0) is 57.0 Å².